The summed E-state index contributed by atoms with van der Waals surface area (Å²) in [6, 6.07) is 0. The molecule has 0 saturated carbocycles. The highest BCUT2D eigenvalue weighted by Gasteiger charge is 2.27. The summed E-state index contributed by atoms with van der Waals surface area (Å²) in [7, 11) is 1.41. The van der Waals surface area contributed by atoms with Crippen molar-refractivity contribution in [1.29, 1.82) is 0 Å². The third-order valence-corrected chi connectivity index (χ3v) is 10.4. The van der Waals surface area contributed by atoms with Crippen LogP contribution in [0.3, 0.4) is 0 Å². The lowest BCUT2D eigenvalue weighted by Gasteiger charge is -2.24. The van der Waals surface area contributed by atoms with Gasteiger partial charge in [-0.2, -0.15) is 0 Å². The first kappa shape index (κ1) is 56.4. The largest absolute Gasteiger partial charge is 0.472 e. The molecule has 0 spiro atoms. The molecule has 0 rings (SSSR count). The number of phosphoric acid groups is 1. The zero-order valence-corrected chi connectivity index (χ0v) is 38.7. The minimum Gasteiger partial charge on any atom is -0.462 e. The second-order valence-corrected chi connectivity index (χ2v) is 17.7. The highest BCUT2D eigenvalue weighted by atomic mass is 31.2. The molecule has 0 amide bonds. The fourth-order valence-corrected chi connectivity index (χ4v) is 6.38. The Labute approximate surface area is 360 Å². The molecular formula is C48H85NO9P+. The number of rotatable bonds is 40. The lowest BCUT2D eigenvalue weighted by molar-refractivity contribution is -0.870. The van der Waals surface area contributed by atoms with Crippen molar-refractivity contribution in [3.8, 4) is 0 Å². The molecule has 0 heterocycles. The molecule has 0 aliphatic rings. The average molecular weight is 851 g/mol. The number of carbonyl (C=O) groups excluding carboxylic acids is 2. The third-order valence-electron chi connectivity index (χ3n) is 9.38. The topological polar surface area (TPSA) is 129 Å². The van der Waals surface area contributed by atoms with Gasteiger partial charge >= 0.3 is 19.8 Å². The highest BCUT2D eigenvalue weighted by molar-refractivity contribution is 7.47. The number of likely N-dealkylation sites (N-methyl/N-ethyl adjacent to an activating group) is 1. The van der Waals surface area contributed by atoms with Crippen LogP contribution < -0.4 is 0 Å². The van der Waals surface area contributed by atoms with Gasteiger partial charge in [0.05, 0.1) is 33.9 Å². The number of allylic oxidation sites excluding steroid dienone is 11. The number of hydrogen-bond donors (Lipinski definition) is 2. The molecule has 0 aromatic rings. The number of hydrogen-bond acceptors (Lipinski definition) is 8. The summed E-state index contributed by atoms with van der Waals surface area (Å²) < 4.78 is 34.2. The smallest absolute Gasteiger partial charge is 0.462 e. The molecule has 11 heteroatoms. The van der Waals surface area contributed by atoms with Crippen LogP contribution in [0.2, 0.25) is 0 Å². The van der Waals surface area contributed by atoms with Crippen LogP contribution in [0.25, 0.3) is 0 Å². The van der Waals surface area contributed by atoms with E-state index in [2.05, 4.69) is 49.5 Å². The maximum Gasteiger partial charge on any atom is 0.472 e. The molecule has 0 aromatic carbocycles. The number of aliphatic hydroxyl groups is 1. The van der Waals surface area contributed by atoms with E-state index in [-0.39, 0.29) is 32.2 Å². The van der Waals surface area contributed by atoms with Crippen molar-refractivity contribution < 1.29 is 47.2 Å². The number of unbranched alkanes of at least 4 members (excludes halogenated alkanes) is 14. The van der Waals surface area contributed by atoms with Crippen LogP contribution in [0.15, 0.2) is 72.9 Å². The Balaban J connectivity index is 4.46. The van der Waals surface area contributed by atoms with E-state index in [0.29, 0.717) is 30.3 Å². The van der Waals surface area contributed by atoms with Crippen LogP contribution in [-0.2, 0) is 32.7 Å². The van der Waals surface area contributed by atoms with Gasteiger partial charge in [-0.15, -0.1) is 0 Å². The van der Waals surface area contributed by atoms with Crippen LogP contribution in [0, 0.1) is 0 Å². The van der Waals surface area contributed by atoms with E-state index in [4.69, 9.17) is 18.5 Å². The van der Waals surface area contributed by atoms with E-state index in [1.807, 2.05) is 52.4 Å². The molecule has 0 fully saturated rings. The summed E-state index contributed by atoms with van der Waals surface area (Å²) in [6.45, 7) is 3.99. The zero-order valence-electron chi connectivity index (χ0n) is 37.8. The first-order valence-corrected chi connectivity index (χ1v) is 24.3. The monoisotopic (exact) mass is 851 g/mol. The van der Waals surface area contributed by atoms with Crippen molar-refractivity contribution in [2.45, 2.75) is 174 Å². The maximum atomic E-state index is 12.7. The van der Waals surface area contributed by atoms with Crippen LogP contribution in [-0.4, -0.2) is 86.1 Å². The average Bonchev–Trinajstić information content (AvgIpc) is 3.19. The first-order chi connectivity index (χ1) is 28.4. The molecule has 0 aliphatic heterocycles. The number of carbonyl (C=O) groups is 2. The quantitative estimate of drug-likeness (QED) is 0.0155. The summed E-state index contributed by atoms with van der Waals surface area (Å²) >= 11 is 0. The van der Waals surface area contributed by atoms with Crippen molar-refractivity contribution in [2.24, 2.45) is 0 Å². The molecule has 0 bridgehead atoms. The molecule has 0 saturated heterocycles. The fourth-order valence-electron chi connectivity index (χ4n) is 5.64. The predicted octanol–water partition coefficient (Wildman–Crippen LogP) is 12.0. The number of esters is 2. The van der Waals surface area contributed by atoms with Gasteiger partial charge in [-0.3, -0.25) is 18.6 Å². The van der Waals surface area contributed by atoms with E-state index in [1.165, 1.54) is 64.2 Å². The highest BCUT2D eigenvalue weighted by Crippen LogP contribution is 2.43. The first-order valence-electron chi connectivity index (χ1n) is 22.8. The summed E-state index contributed by atoms with van der Waals surface area (Å²) in [5.41, 5.74) is 0. The summed E-state index contributed by atoms with van der Waals surface area (Å²) in [4.78, 5) is 35.4. The van der Waals surface area contributed by atoms with Gasteiger partial charge in [-0.1, -0.05) is 151 Å². The number of ether oxygens (including phenoxy) is 2. The lowest BCUT2D eigenvalue weighted by Crippen LogP contribution is -2.37. The minimum atomic E-state index is -4.40. The molecule has 2 N–H and O–H groups in total. The Morgan fingerprint density at radius 1 is 0.610 bits per heavy atom. The molecule has 59 heavy (non-hydrogen) atoms. The number of phosphoric ester groups is 1. The zero-order chi connectivity index (χ0) is 43.7. The SMILES string of the molecule is CCCCCCCC/C=C\CCCCCCCCCC(=O)O[C@H](COC(=O)CCC/C=C\C/C=C\C/C=C\C/C=C\C=C\[C@@H](O)CC)COP(=O)(O)OCC[N+](C)(C)C. The summed E-state index contributed by atoms with van der Waals surface area (Å²) in [5.74, 6) is -0.896. The summed E-state index contributed by atoms with van der Waals surface area (Å²) in [6.07, 6.45) is 46.2. The van der Waals surface area contributed by atoms with Crippen molar-refractivity contribution in [3.05, 3.63) is 72.9 Å². The van der Waals surface area contributed by atoms with Crippen molar-refractivity contribution in [3.63, 3.8) is 0 Å². The van der Waals surface area contributed by atoms with Crippen LogP contribution in [0.4, 0.5) is 0 Å². The number of aliphatic hydroxyl groups excluding tert-OH is 1. The molecule has 0 aromatic heterocycles. The van der Waals surface area contributed by atoms with Crippen molar-refractivity contribution in [1.82, 2.24) is 0 Å². The van der Waals surface area contributed by atoms with Gasteiger partial charge in [-0.25, -0.2) is 4.57 Å². The van der Waals surface area contributed by atoms with Gasteiger partial charge in [0.25, 0.3) is 0 Å². The third kappa shape index (κ3) is 43.3. The van der Waals surface area contributed by atoms with E-state index in [0.717, 1.165) is 51.4 Å². The normalized spacial score (nSPS) is 14.8. The van der Waals surface area contributed by atoms with Gasteiger partial charge in [0.15, 0.2) is 6.10 Å². The molecule has 0 aliphatic carbocycles. The maximum absolute atomic E-state index is 12.7. The van der Waals surface area contributed by atoms with Gasteiger partial charge in [0, 0.05) is 12.8 Å². The molecule has 3 atom stereocenters. The Hall–Kier alpha value is -2.59. The van der Waals surface area contributed by atoms with Crippen molar-refractivity contribution in [2.75, 3.05) is 47.5 Å². The second kappa shape index (κ2) is 39.5. The lowest BCUT2D eigenvalue weighted by atomic mass is 10.1. The standard InChI is InChI=1S/C48H84NO9P/c1-6-8-9-10-11-12-13-14-15-16-17-22-25-28-31-34-37-40-48(52)58-46(44-57-59(53,54)56-42-41-49(3,4)5)43-55-47(51)39-36-33-30-27-24-21-19-18-20-23-26-29-32-35-38-45(50)7-2/h14-15,19-21,23,27,29-30,32,35,38,45-46,50H,6-13,16-18,22,24-26,28,31,33-34,36-37,39-44H2,1-5H3/p+1/b15-14-,21-19-,23-20-,30-27-,32-29-,38-35+/t45-,46+/m0/s1. The second-order valence-electron chi connectivity index (χ2n) is 16.2. The van der Waals surface area contributed by atoms with Crippen LogP contribution in [0.1, 0.15) is 162 Å². The molecule has 0 radical (unpaired) electrons. The fraction of sp³-hybridized carbons (Fsp3) is 0.708. The van der Waals surface area contributed by atoms with E-state index in [1.54, 1.807) is 6.08 Å². The molecule has 10 nitrogen and oxygen atoms in total. The number of quaternary nitrogens is 1. The Morgan fingerprint density at radius 3 is 1.71 bits per heavy atom. The van der Waals surface area contributed by atoms with Crippen molar-refractivity contribution >= 4 is 19.8 Å². The van der Waals surface area contributed by atoms with Gasteiger partial charge in [0.2, 0.25) is 0 Å². The van der Waals surface area contributed by atoms with E-state index >= 15 is 0 Å². The predicted molar refractivity (Wildman–Crippen MR) is 244 cm³/mol. The molecule has 1 unspecified atom stereocenters. The minimum absolute atomic E-state index is 0.0128. The van der Waals surface area contributed by atoms with Crippen LogP contribution >= 0.6 is 7.82 Å². The van der Waals surface area contributed by atoms with Gasteiger partial charge < -0.3 is 24.0 Å². The van der Waals surface area contributed by atoms with Crippen LogP contribution in [0.5, 0.6) is 0 Å². The summed E-state index contributed by atoms with van der Waals surface area (Å²) in [5, 5.41) is 9.48. The van der Waals surface area contributed by atoms with E-state index < -0.39 is 32.5 Å². The van der Waals surface area contributed by atoms with E-state index in [9.17, 15) is 24.2 Å². The Morgan fingerprint density at radius 2 is 1.12 bits per heavy atom. The van der Waals surface area contributed by atoms with Gasteiger partial charge in [0.1, 0.15) is 19.8 Å². The Kier molecular flexibility index (Phi) is 37.8. The number of nitrogens with zero attached hydrogens (tertiary/aromatic N) is 1. The van der Waals surface area contributed by atoms with Gasteiger partial charge in [-0.05, 0) is 70.6 Å². The molecule has 340 valence electrons. The Bertz CT molecular complexity index is 1250. The molecular weight excluding hydrogens is 766 g/mol.